The Kier molecular flexibility index (Phi) is 5.72. The van der Waals surface area contributed by atoms with E-state index in [1.165, 1.54) is 6.20 Å². The van der Waals surface area contributed by atoms with E-state index in [1.807, 2.05) is 0 Å². The molecule has 4 rings (SSSR count). The summed E-state index contributed by atoms with van der Waals surface area (Å²) in [6, 6.07) is 2.81. The van der Waals surface area contributed by atoms with E-state index in [-0.39, 0.29) is 34.5 Å². The van der Waals surface area contributed by atoms with Crippen molar-refractivity contribution in [1.29, 1.82) is 0 Å². The Morgan fingerprint density at radius 1 is 1.26 bits per heavy atom. The lowest BCUT2D eigenvalue weighted by Gasteiger charge is -2.31. The molecule has 3 aromatic rings. The molecule has 1 aliphatic heterocycles. The van der Waals surface area contributed by atoms with Gasteiger partial charge in [-0.05, 0) is 24.8 Å². The number of rotatable bonds is 5. The largest absolute Gasteiger partial charge is 0.417 e. The molecule has 0 unspecified atom stereocenters. The monoisotopic (exact) mass is 436 g/mol. The first kappa shape index (κ1) is 21.3. The second kappa shape index (κ2) is 8.32. The van der Waals surface area contributed by atoms with Crippen molar-refractivity contribution in [2.75, 3.05) is 13.1 Å². The van der Waals surface area contributed by atoms with Gasteiger partial charge in [-0.15, -0.1) is 0 Å². The number of carbonyl (C=O) groups is 1. The fraction of sp³-hybridized carbons (Fsp3) is 0.524. The fourth-order valence-electron chi connectivity index (χ4n) is 3.95. The first-order chi connectivity index (χ1) is 14.7. The lowest BCUT2D eigenvalue weighted by molar-refractivity contribution is -0.136. The van der Waals surface area contributed by atoms with Crippen LogP contribution in [0.25, 0.3) is 11.1 Å². The number of amides is 1. The third-order valence-corrected chi connectivity index (χ3v) is 5.70. The van der Waals surface area contributed by atoms with Crippen LogP contribution in [0.4, 0.5) is 13.2 Å². The molecule has 31 heavy (non-hydrogen) atoms. The Morgan fingerprint density at radius 3 is 2.61 bits per heavy atom. The second-order valence-corrected chi connectivity index (χ2v) is 8.13. The molecular weight excluding hydrogens is 413 g/mol. The first-order valence-corrected chi connectivity index (χ1v) is 10.3. The van der Waals surface area contributed by atoms with Gasteiger partial charge in [0.05, 0.1) is 22.8 Å². The van der Waals surface area contributed by atoms with Crippen molar-refractivity contribution in [2.24, 2.45) is 0 Å². The number of aryl methyl sites for hydroxylation is 1. The third-order valence-electron chi connectivity index (χ3n) is 5.70. The van der Waals surface area contributed by atoms with Gasteiger partial charge >= 0.3 is 6.18 Å². The van der Waals surface area contributed by atoms with Crippen LogP contribution in [0.5, 0.6) is 0 Å². The lowest BCUT2D eigenvalue weighted by Crippen LogP contribution is -2.38. The summed E-state index contributed by atoms with van der Waals surface area (Å²) in [5.41, 5.74) is -0.254. The van der Waals surface area contributed by atoms with Crippen molar-refractivity contribution in [3.63, 3.8) is 0 Å². The number of nitrogens with zero attached hydrogens (tertiary/aromatic N) is 4. The van der Waals surface area contributed by atoms with Gasteiger partial charge in [0.1, 0.15) is 5.76 Å². The zero-order valence-corrected chi connectivity index (χ0v) is 17.3. The predicted octanol–water partition coefficient (Wildman–Crippen LogP) is 4.69. The van der Waals surface area contributed by atoms with E-state index in [2.05, 4.69) is 15.3 Å². The SMILES string of the molecule is CC(C)c1cc(C(F)(F)F)c2c(C3CCN(C(=O)CCc4ccno4)CC3)noc2n1. The number of hydrogen-bond acceptors (Lipinski definition) is 6. The van der Waals surface area contributed by atoms with E-state index < -0.39 is 11.7 Å². The van der Waals surface area contributed by atoms with Gasteiger partial charge in [-0.25, -0.2) is 4.98 Å². The van der Waals surface area contributed by atoms with Gasteiger partial charge in [-0.2, -0.15) is 13.2 Å². The standard InChI is InChI=1S/C21H23F3N4O3/c1-12(2)16-11-15(21(22,23)24)18-19(27-31-20(18)26-16)13-6-9-28(10-7-13)17(29)4-3-14-5-8-25-30-14/h5,8,11-13H,3-4,6-7,9-10H2,1-2H3. The maximum atomic E-state index is 13.8. The molecule has 0 bridgehead atoms. The average molecular weight is 436 g/mol. The minimum atomic E-state index is -4.54. The van der Waals surface area contributed by atoms with Crippen LogP contribution in [0.1, 0.15) is 67.7 Å². The maximum Gasteiger partial charge on any atom is 0.417 e. The fourth-order valence-corrected chi connectivity index (χ4v) is 3.95. The van der Waals surface area contributed by atoms with Crippen LogP contribution in [-0.2, 0) is 17.4 Å². The zero-order valence-electron chi connectivity index (χ0n) is 17.3. The quantitative estimate of drug-likeness (QED) is 0.577. The molecular formula is C21H23F3N4O3. The van der Waals surface area contributed by atoms with Gasteiger partial charge in [0, 0.05) is 43.6 Å². The molecule has 1 amide bonds. The normalized spacial score (nSPS) is 15.9. The average Bonchev–Trinajstić information content (AvgIpc) is 3.40. The molecule has 0 atom stereocenters. The molecule has 3 aromatic heterocycles. The minimum absolute atomic E-state index is 0.0147. The molecule has 166 valence electrons. The number of carbonyl (C=O) groups excluding carboxylic acids is 1. The molecule has 0 N–H and O–H groups in total. The van der Waals surface area contributed by atoms with Gasteiger partial charge in [0.15, 0.2) is 0 Å². The van der Waals surface area contributed by atoms with Crippen molar-refractivity contribution in [3.05, 3.63) is 41.0 Å². The van der Waals surface area contributed by atoms with Crippen LogP contribution in [0.2, 0.25) is 0 Å². The van der Waals surface area contributed by atoms with Crippen LogP contribution >= 0.6 is 0 Å². The third kappa shape index (κ3) is 4.42. The first-order valence-electron chi connectivity index (χ1n) is 10.3. The van der Waals surface area contributed by atoms with Gasteiger partial charge in [0.25, 0.3) is 5.71 Å². The molecule has 10 heteroatoms. The topological polar surface area (TPSA) is 85.3 Å². The molecule has 7 nitrogen and oxygen atoms in total. The number of fused-ring (bicyclic) bond motifs is 1. The van der Waals surface area contributed by atoms with Gasteiger partial charge in [-0.3, -0.25) is 4.79 Å². The van der Waals surface area contributed by atoms with Crippen LogP contribution < -0.4 is 0 Å². The van der Waals surface area contributed by atoms with Crippen molar-refractivity contribution >= 4 is 17.0 Å². The molecule has 0 radical (unpaired) electrons. The summed E-state index contributed by atoms with van der Waals surface area (Å²) in [5, 5.41) is 7.52. The summed E-state index contributed by atoms with van der Waals surface area (Å²) in [4.78, 5) is 18.4. The number of likely N-dealkylation sites (tertiary alicyclic amines) is 1. The smallest absolute Gasteiger partial charge is 0.361 e. The molecule has 0 spiro atoms. The van der Waals surface area contributed by atoms with E-state index in [9.17, 15) is 18.0 Å². The summed E-state index contributed by atoms with van der Waals surface area (Å²) in [5.74, 6) is 0.224. The van der Waals surface area contributed by atoms with E-state index in [0.29, 0.717) is 50.2 Å². The molecule has 1 aliphatic rings. The molecule has 0 aliphatic carbocycles. The van der Waals surface area contributed by atoms with Gasteiger partial charge < -0.3 is 13.9 Å². The molecule has 1 fully saturated rings. The van der Waals surface area contributed by atoms with E-state index in [1.54, 1.807) is 24.8 Å². The van der Waals surface area contributed by atoms with Crippen LogP contribution in [0.3, 0.4) is 0 Å². The van der Waals surface area contributed by atoms with E-state index in [4.69, 9.17) is 9.05 Å². The number of aromatic nitrogens is 3. The zero-order chi connectivity index (χ0) is 22.2. The Labute approximate surface area is 176 Å². The summed E-state index contributed by atoms with van der Waals surface area (Å²) >= 11 is 0. The summed E-state index contributed by atoms with van der Waals surface area (Å²) < 4.78 is 51.6. The number of halogens is 3. The van der Waals surface area contributed by atoms with E-state index in [0.717, 1.165) is 6.07 Å². The lowest BCUT2D eigenvalue weighted by atomic mass is 9.90. The minimum Gasteiger partial charge on any atom is -0.361 e. The van der Waals surface area contributed by atoms with Gasteiger partial charge in [0.2, 0.25) is 5.91 Å². The maximum absolute atomic E-state index is 13.8. The van der Waals surface area contributed by atoms with E-state index >= 15 is 0 Å². The number of alkyl halides is 3. The van der Waals surface area contributed by atoms with Gasteiger partial charge in [-0.1, -0.05) is 24.2 Å². The molecule has 0 saturated carbocycles. The predicted molar refractivity (Wildman–Crippen MR) is 104 cm³/mol. The molecule has 4 heterocycles. The van der Waals surface area contributed by atoms with Crippen LogP contribution in [0, 0.1) is 0 Å². The molecule has 1 saturated heterocycles. The Hall–Kier alpha value is -2.91. The highest BCUT2D eigenvalue weighted by molar-refractivity contribution is 5.82. The highest BCUT2D eigenvalue weighted by Crippen LogP contribution is 2.41. The number of piperidine rings is 1. The van der Waals surface area contributed by atoms with Crippen LogP contribution in [0.15, 0.2) is 27.4 Å². The summed E-state index contributed by atoms with van der Waals surface area (Å²) in [7, 11) is 0. The summed E-state index contributed by atoms with van der Waals surface area (Å²) in [6.07, 6.45) is -1.22. The Morgan fingerprint density at radius 2 is 2.00 bits per heavy atom. The second-order valence-electron chi connectivity index (χ2n) is 8.13. The summed E-state index contributed by atoms with van der Waals surface area (Å²) in [6.45, 7) is 4.46. The number of pyridine rings is 1. The highest BCUT2D eigenvalue weighted by Gasteiger charge is 2.38. The number of hydrogen-bond donors (Lipinski definition) is 0. The highest BCUT2D eigenvalue weighted by atomic mass is 19.4. The van der Waals surface area contributed by atoms with Crippen molar-refractivity contribution < 1.29 is 27.0 Å². The molecule has 0 aromatic carbocycles. The van der Waals surface area contributed by atoms with Crippen LogP contribution in [-0.4, -0.2) is 39.2 Å². The Balaban J connectivity index is 1.50. The van der Waals surface area contributed by atoms with Crippen molar-refractivity contribution in [2.45, 2.75) is 57.5 Å². The van der Waals surface area contributed by atoms with Crippen molar-refractivity contribution in [3.8, 4) is 0 Å². The Bertz CT molecular complexity index is 1050. The van der Waals surface area contributed by atoms with Crippen molar-refractivity contribution in [1.82, 2.24) is 20.2 Å².